The van der Waals surface area contributed by atoms with Crippen molar-refractivity contribution in [3.8, 4) is 0 Å². The summed E-state index contributed by atoms with van der Waals surface area (Å²) in [6, 6.07) is 3.94. The van der Waals surface area contributed by atoms with E-state index in [-0.39, 0.29) is 12.7 Å². The molecule has 0 spiro atoms. The van der Waals surface area contributed by atoms with Crippen LogP contribution in [0.15, 0.2) is 12.1 Å². The summed E-state index contributed by atoms with van der Waals surface area (Å²) >= 11 is 0. The van der Waals surface area contributed by atoms with Gasteiger partial charge in [-0.15, -0.1) is 0 Å². The van der Waals surface area contributed by atoms with Gasteiger partial charge >= 0.3 is 6.09 Å². The first-order chi connectivity index (χ1) is 9.33. The number of aliphatic hydroxyl groups is 1. The lowest BCUT2D eigenvalue weighted by atomic mass is 9.95. The first-order valence-corrected chi connectivity index (χ1v) is 7.06. The van der Waals surface area contributed by atoms with Crippen LogP contribution in [0.1, 0.15) is 43.9 Å². The number of aliphatic hydroxyl groups excluding tert-OH is 1. The maximum absolute atomic E-state index is 12.4. The highest BCUT2D eigenvalue weighted by Gasteiger charge is 2.29. The summed E-state index contributed by atoms with van der Waals surface area (Å²) in [5.74, 6) is 0. The van der Waals surface area contributed by atoms with Gasteiger partial charge in [-0.3, -0.25) is 4.90 Å². The van der Waals surface area contributed by atoms with Gasteiger partial charge in [-0.05, 0) is 57.2 Å². The fraction of sp³-hybridized carbons (Fsp3) is 0.562. The molecule has 1 amide bonds. The van der Waals surface area contributed by atoms with Crippen LogP contribution in [-0.4, -0.2) is 23.3 Å². The Hall–Kier alpha value is -1.55. The number of rotatable bonds is 1. The molecule has 4 nitrogen and oxygen atoms in total. The summed E-state index contributed by atoms with van der Waals surface area (Å²) in [4.78, 5) is 14.1. The lowest BCUT2D eigenvalue weighted by molar-refractivity contribution is 0.0577. The van der Waals surface area contributed by atoms with Crippen LogP contribution in [0.2, 0.25) is 0 Å². The maximum atomic E-state index is 12.4. The van der Waals surface area contributed by atoms with Crippen LogP contribution >= 0.6 is 0 Å². The van der Waals surface area contributed by atoms with Crippen molar-refractivity contribution >= 4 is 11.8 Å². The van der Waals surface area contributed by atoms with Crippen LogP contribution in [-0.2, 0) is 17.8 Å². The number of fused-ring (bicyclic) bond motifs is 1. The first kappa shape index (κ1) is 14.9. The number of nitrogens with zero attached hydrogens (tertiary/aromatic N) is 1. The zero-order chi connectivity index (χ0) is 14.9. The van der Waals surface area contributed by atoms with Gasteiger partial charge in [0.2, 0.25) is 0 Å². The molecule has 0 atom stereocenters. The molecule has 2 rings (SSSR count). The second-order valence-corrected chi connectivity index (χ2v) is 6.25. The summed E-state index contributed by atoms with van der Waals surface area (Å²) in [6.07, 6.45) is 1.59. The molecule has 0 saturated heterocycles. The van der Waals surface area contributed by atoms with Crippen LogP contribution in [0.5, 0.6) is 0 Å². The molecule has 1 aliphatic heterocycles. The molecule has 0 bridgehead atoms. The van der Waals surface area contributed by atoms with Crippen molar-refractivity contribution in [2.24, 2.45) is 0 Å². The van der Waals surface area contributed by atoms with Gasteiger partial charge in [0.15, 0.2) is 0 Å². The molecule has 0 radical (unpaired) electrons. The number of hydrogen-bond donors (Lipinski definition) is 1. The van der Waals surface area contributed by atoms with Crippen molar-refractivity contribution in [2.45, 2.75) is 52.7 Å². The predicted octanol–water partition coefficient (Wildman–Crippen LogP) is 3.18. The topological polar surface area (TPSA) is 49.8 Å². The smallest absolute Gasteiger partial charge is 0.414 e. The molecule has 1 aromatic rings. The van der Waals surface area contributed by atoms with Gasteiger partial charge in [-0.1, -0.05) is 12.1 Å². The Labute approximate surface area is 120 Å². The standard InChI is InChI=1S/C16H23NO3/c1-11-13(10-18)8-7-12-6-5-9-17(14(11)12)15(19)20-16(2,3)4/h7-8,18H,5-6,9-10H2,1-4H3. The van der Waals surface area contributed by atoms with E-state index in [1.165, 1.54) is 0 Å². The van der Waals surface area contributed by atoms with Gasteiger partial charge < -0.3 is 9.84 Å². The Bertz CT molecular complexity index is 517. The van der Waals surface area contributed by atoms with E-state index < -0.39 is 5.60 Å². The van der Waals surface area contributed by atoms with Crippen molar-refractivity contribution < 1.29 is 14.6 Å². The molecule has 0 saturated carbocycles. The van der Waals surface area contributed by atoms with E-state index in [0.717, 1.165) is 35.2 Å². The van der Waals surface area contributed by atoms with Gasteiger partial charge in [-0.2, -0.15) is 0 Å². The second kappa shape index (κ2) is 5.44. The Morgan fingerprint density at radius 2 is 2.10 bits per heavy atom. The quantitative estimate of drug-likeness (QED) is 0.857. The Kier molecular flexibility index (Phi) is 4.04. The molecule has 0 aliphatic carbocycles. The van der Waals surface area contributed by atoms with Gasteiger partial charge in [0.1, 0.15) is 5.60 Å². The Morgan fingerprint density at radius 1 is 1.40 bits per heavy atom. The highest BCUT2D eigenvalue weighted by molar-refractivity contribution is 5.91. The van der Waals surface area contributed by atoms with E-state index in [1.807, 2.05) is 39.8 Å². The monoisotopic (exact) mass is 277 g/mol. The van der Waals surface area contributed by atoms with Gasteiger partial charge in [0.05, 0.1) is 12.3 Å². The molecule has 1 N–H and O–H groups in total. The molecule has 20 heavy (non-hydrogen) atoms. The van der Waals surface area contributed by atoms with E-state index >= 15 is 0 Å². The number of hydrogen-bond acceptors (Lipinski definition) is 3. The molecule has 0 aromatic heterocycles. The third-order valence-electron chi connectivity index (χ3n) is 3.51. The molecular formula is C16H23NO3. The number of aryl methyl sites for hydroxylation is 1. The summed E-state index contributed by atoms with van der Waals surface area (Å²) in [5, 5.41) is 9.40. The summed E-state index contributed by atoms with van der Waals surface area (Å²) < 4.78 is 5.49. The number of carbonyl (C=O) groups excluding carboxylic acids is 1. The average molecular weight is 277 g/mol. The third kappa shape index (κ3) is 2.96. The van der Waals surface area contributed by atoms with E-state index in [9.17, 15) is 9.90 Å². The van der Waals surface area contributed by atoms with Gasteiger partial charge in [-0.25, -0.2) is 4.79 Å². The minimum Gasteiger partial charge on any atom is -0.443 e. The largest absolute Gasteiger partial charge is 0.443 e. The van der Waals surface area contributed by atoms with Crippen molar-refractivity contribution in [3.05, 3.63) is 28.8 Å². The molecule has 0 unspecified atom stereocenters. The second-order valence-electron chi connectivity index (χ2n) is 6.25. The molecule has 4 heteroatoms. The number of amides is 1. The van der Waals surface area contributed by atoms with Crippen LogP contribution in [0.25, 0.3) is 0 Å². The number of ether oxygens (including phenoxy) is 1. The van der Waals surface area contributed by atoms with E-state index in [1.54, 1.807) is 4.90 Å². The zero-order valence-electron chi connectivity index (χ0n) is 12.7. The van der Waals surface area contributed by atoms with Crippen LogP contribution in [0, 0.1) is 6.92 Å². The highest BCUT2D eigenvalue weighted by Crippen LogP contribution is 2.33. The average Bonchev–Trinajstić information content (AvgIpc) is 2.36. The van der Waals surface area contributed by atoms with Crippen LogP contribution in [0.4, 0.5) is 10.5 Å². The third-order valence-corrected chi connectivity index (χ3v) is 3.51. The van der Waals surface area contributed by atoms with Crippen molar-refractivity contribution in [3.63, 3.8) is 0 Å². The van der Waals surface area contributed by atoms with Gasteiger partial charge in [0, 0.05) is 6.54 Å². The normalized spacial score (nSPS) is 14.9. The summed E-state index contributed by atoms with van der Waals surface area (Å²) in [6.45, 7) is 8.21. The van der Waals surface area contributed by atoms with Crippen LogP contribution < -0.4 is 4.90 Å². The predicted molar refractivity (Wildman–Crippen MR) is 79.0 cm³/mol. The molecule has 0 fully saturated rings. The Morgan fingerprint density at radius 3 is 2.70 bits per heavy atom. The van der Waals surface area contributed by atoms with E-state index in [4.69, 9.17) is 4.74 Å². The van der Waals surface area contributed by atoms with Crippen molar-refractivity contribution in [1.82, 2.24) is 0 Å². The fourth-order valence-electron chi connectivity index (χ4n) is 2.59. The lowest BCUT2D eigenvalue weighted by Crippen LogP contribution is -2.40. The lowest BCUT2D eigenvalue weighted by Gasteiger charge is -2.33. The number of carbonyl (C=O) groups is 1. The highest BCUT2D eigenvalue weighted by atomic mass is 16.6. The van der Waals surface area contributed by atoms with Gasteiger partial charge in [0.25, 0.3) is 0 Å². The van der Waals surface area contributed by atoms with E-state index in [0.29, 0.717) is 6.54 Å². The number of anilines is 1. The summed E-state index contributed by atoms with van der Waals surface area (Å²) in [5.41, 5.74) is 3.39. The Balaban J connectivity index is 2.38. The van der Waals surface area contributed by atoms with Crippen LogP contribution in [0.3, 0.4) is 0 Å². The fourth-order valence-corrected chi connectivity index (χ4v) is 2.59. The zero-order valence-corrected chi connectivity index (χ0v) is 12.7. The molecule has 1 heterocycles. The maximum Gasteiger partial charge on any atom is 0.414 e. The molecule has 1 aromatic carbocycles. The van der Waals surface area contributed by atoms with Crippen molar-refractivity contribution in [2.75, 3.05) is 11.4 Å². The first-order valence-electron chi connectivity index (χ1n) is 7.06. The molecular weight excluding hydrogens is 254 g/mol. The van der Waals surface area contributed by atoms with Crippen molar-refractivity contribution in [1.29, 1.82) is 0 Å². The SMILES string of the molecule is Cc1c(CO)ccc2c1N(C(=O)OC(C)(C)C)CCC2. The number of benzene rings is 1. The minimum atomic E-state index is -0.503. The van der Waals surface area contributed by atoms with E-state index in [2.05, 4.69) is 0 Å². The minimum absolute atomic E-state index is 0.0126. The molecule has 110 valence electrons. The summed E-state index contributed by atoms with van der Waals surface area (Å²) in [7, 11) is 0. The molecule has 1 aliphatic rings.